The maximum absolute atomic E-state index is 11.6. The number of piperidine rings is 1. The summed E-state index contributed by atoms with van der Waals surface area (Å²) in [5, 5.41) is 11.0. The summed E-state index contributed by atoms with van der Waals surface area (Å²) in [5.74, 6) is -0.553. The van der Waals surface area contributed by atoms with Crippen LogP contribution >= 0.6 is 0 Å². The third-order valence-electron chi connectivity index (χ3n) is 6.94. The first-order valence-corrected chi connectivity index (χ1v) is 9.69. The van der Waals surface area contributed by atoms with E-state index in [4.69, 9.17) is 0 Å². The van der Waals surface area contributed by atoms with Crippen LogP contribution in [0.1, 0.15) is 55.2 Å². The van der Waals surface area contributed by atoms with E-state index in [1.54, 1.807) is 0 Å². The van der Waals surface area contributed by atoms with Crippen molar-refractivity contribution in [2.75, 3.05) is 13.6 Å². The molecule has 4 nitrogen and oxygen atoms in total. The molecule has 1 aromatic carbocycles. The molecule has 1 N–H and O–H groups in total. The molecular formula is C21H26N2O2. The van der Waals surface area contributed by atoms with Gasteiger partial charge in [-0.1, -0.05) is 25.0 Å². The lowest BCUT2D eigenvalue weighted by atomic mass is 9.72. The van der Waals surface area contributed by atoms with Crippen molar-refractivity contribution in [3.8, 4) is 0 Å². The van der Waals surface area contributed by atoms with Crippen LogP contribution in [0, 0.1) is 5.92 Å². The number of likely N-dealkylation sites (N-methyl/N-ethyl adjacent to an activating group) is 1. The first kappa shape index (κ1) is 15.4. The highest BCUT2D eigenvalue weighted by Gasteiger charge is 2.41. The highest BCUT2D eigenvalue weighted by molar-refractivity contribution is 5.89. The second kappa shape index (κ2) is 5.60. The van der Waals surface area contributed by atoms with Crippen molar-refractivity contribution < 1.29 is 9.90 Å². The molecule has 132 valence electrons. The molecule has 0 spiro atoms. The van der Waals surface area contributed by atoms with Crippen LogP contribution in [-0.4, -0.2) is 40.2 Å². The van der Waals surface area contributed by atoms with Gasteiger partial charge in [-0.3, -0.25) is 4.79 Å². The van der Waals surface area contributed by atoms with Gasteiger partial charge in [-0.15, -0.1) is 0 Å². The van der Waals surface area contributed by atoms with Crippen LogP contribution in [0.4, 0.5) is 0 Å². The number of rotatable bonds is 2. The monoisotopic (exact) mass is 338 g/mol. The molecule has 2 fully saturated rings. The molecule has 5 rings (SSSR count). The molecule has 3 atom stereocenters. The van der Waals surface area contributed by atoms with Gasteiger partial charge in [-0.05, 0) is 49.9 Å². The lowest BCUT2D eigenvalue weighted by molar-refractivity contribution is -0.144. The number of aromatic nitrogens is 1. The zero-order valence-corrected chi connectivity index (χ0v) is 14.8. The van der Waals surface area contributed by atoms with Gasteiger partial charge in [0.05, 0.1) is 5.92 Å². The minimum absolute atomic E-state index is 0.250. The number of carboxylic acid groups (broad SMARTS) is 1. The van der Waals surface area contributed by atoms with Crippen molar-refractivity contribution in [2.24, 2.45) is 5.92 Å². The van der Waals surface area contributed by atoms with Crippen molar-refractivity contribution in [2.45, 2.75) is 56.5 Å². The average Bonchev–Trinajstić information content (AvgIpc) is 3.24. The van der Waals surface area contributed by atoms with Crippen molar-refractivity contribution in [1.82, 2.24) is 9.47 Å². The Bertz CT molecular complexity index is 834. The molecule has 2 aliphatic carbocycles. The number of likely N-dealkylation sites (tertiary alicyclic amines) is 1. The number of nitrogens with zero attached hydrogens (tertiary/aromatic N) is 2. The fourth-order valence-corrected chi connectivity index (χ4v) is 5.74. The molecule has 0 unspecified atom stereocenters. The summed E-state index contributed by atoms with van der Waals surface area (Å²) in [7, 11) is 2.10. The molecule has 0 bridgehead atoms. The molecule has 1 saturated carbocycles. The summed E-state index contributed by atoms with van der Waals surface area (Å²) in [5.41, 5.74) is 4.23. The predicted octanol–water partition coefficient (Wildman–Crippen LogP) is 3.80. The molecule has 1 aliphatic heterocycles. The molecule has 0 radical (unpaired) electrons. The predicted molar refractivity (Wildman–Crippen MR) is 98.0 cm³/mol. The highest BCUT2D eigenvalue weighted by Crippen LogP contribution is 2.46. The number of fused-ring (bicyclic) bond motifs is 2. The van der Waals surface area contributed by atoms with Crippen LogP contribution in [0.2, 0.25) is 0 Å². The third kappa shape index (κ3) is 2.27. The summed E-state index contributed by atoms with van der Waals surface area (Å²) >= 11 is 0. The Morgan fingerprint density at radius 3 is 2.80 bits per heavy atom. The van der Waals surface area contributed by atoms with E-state index in [1.165, 1.54) is 47.7 Å². The van der Waals surface area contributed by atoms with E-state index in [1.807, 2.05) is 0 Å². The van der Waals surface area contributed by atoms with Gasteiger partial charge >= 0.3 is 5.97 Å². The molecule has 25 heavy (non-hydrogen) atoms. The van der Waals surface area contributed by atoms with E-state index >= 15 is 0 Å². The van der Waals surface area contributed by atoms with E-state index in [0.717, 1.165) is 12.8 Å². The molecular weight excluding hydrogens is 312 g/mol. The molecule has 1 aromatic heterocycles. The molecule has 0 amide bonds. The van der Waals surface area contributed by atoms with Crippen molar-refractivity contribution in [1.29, 1.82) is 0 Å². The van der Waals surface area contributed by atoms with E-state index < -0.39 is 5.97 Å². The molecule has 2 heterocycles. The van der Waals surface area contributed by atoms with Gasteiger partial charge in [-0.2, -0.15) is 0 Å². The minimum Gasteiger partial charge on any atom is -0.481 e. The lowest BCUT2D eigenvalue weighted by Gasteiger charge is -2.44. The number of aliphatic carboxylic acids is 1. The summed E-state index contributed by atoms with van der Waals surface area (Å²) < 4.78 is 2.53. The Balaban J connectivity index is 1.63. The second-order valence-corrected chi connectivity index (χ2v) is 8.33. The lowest BCUT2D eigenvalue weighted by Crippen LogP contribution is -2.49. The number of carboxylic acids is 1. The first-order chi connectivity index (χ1) is 12.1. The maximum atomic E-state index is 11.6. The maximum Gasteiger partial charge on any atom is 0.307 e. The summed E-state index contributed by atoms with van der Waals surface area (Å²) in [4.78, 5) is 13.9. The van der Waals surface area contributed by atoms with Gasteiger partial charge < -0.3 is 14.6 Å². The Hall–Kier alpha value is -1.81. The average molecular weight is 338 g/mol. The smallest absolute Gasteiger partial charge is 0.307 e. The minimum atomic E-state index is -0.646. The molecule has 4 heteroatoms. The Kier molecular flexibility index (Phi) is 3.46. The largest absolute Gasteiger partial charge is 0.481 e. The van der Waals surface area contributed by atoms with Crippen LogP contribution in [-0.2, 0) is 11.2 Å². The topological polar surface area (TPSA) is 45.5 Å². The van der Waals surface area contributed by atoms with Gasteiger partial charge in [0.1, 0.15) is 0 Å². The third-order valence-corrected chi connectivity index (χ3v) is 6.94. The standard InChI is InChI=1S/C21H26N2O2/c1-22-11-14(21(24)25)9-17-16-7-4-8-18-20(16)13(10-19(17)22)12-23(18)15-5-2-3-6-15/h4,7-8,12,14-15,17,19H,2-3,5-6,9-11H2,1H3,(H,24,25)/t14-,17-,19-/m1/s1. The highest BCUT2D eigenvalue weighted by atomic mass is 16.4. The van der Waals surface area contributed by atoms with E-state index in [9.17, 15) is 9.90 Å². The van der Waals surface area contributed by atoms with Crippen LogP contribution in [0.25, 0.3) is 10.9 Å². The van der Waals surface area contributed by atoms with Crippen LogP contribution in [0.5, 0.6) is 0 Å². The number of carbonyl (C=O) groups is 1. The molecule has 3 aliphatic rings. The Morgan fingerprint density at radius 2 is 2.04 bits per heavy atom. The van der Waals surface area contributed by atoms with Crippen LogP contribution < -0.4 is 0 Å². The van der Waals surface area contributed by atoms with Crippen LogP contribution in [0.3, 0.4) is 0 Å². The fraction of sp³-hybridized carbons (Fsp3) is 0.571. The number of hydrogen-bond acceptors (Lipinski definition) is 2. The van der Waals surface area contributed by atoms with Gasteiger partial charge in [0.2, 0.25) is 0 Å². The van der Waals surface area contributed by atoms with Gasteiger partial charge in [0.15, 0.2) is 0 Å². The Morgan fingerprint density at radius 1 is 1.24 bits per heavy atom. The molecule has 1 saturated heterocycles. The van der Waals surface area contributed by atoms with E-state index in [2.05, 4.69) is 40.9 Å². The van der Waals surface area contributed by atoms with Crippen molar-refractivity contribution in [3.05, 3.63) is 35.5 Å². The summed E-state index contributed by atoms with van der Waals surface area (Å²) in [6, 6.07) is 7.78. The quantitative estimate of drug-likeness (QED) is 0.906. The zero-order valence-electron chi connectivity index (χ0n) is 14.8. The van der Waals surface area contributed by atoms with E-state index in [0.29, 0.717) is 24.5 Å². The Labute approximate surface area is 148 Å². The summed E-state index contributed by atoms with van der Waals surface area (Å²) in [6.07, 6.45) is 9.51. The zero-order chi connectivity index (χ0) is 17.1. The second-order valence-electron chi connectivity index (χ2n) is 8.33. The van der Waals surface area contributed by atoms with Gasteiger partial charge in [-0.25, -0.2) is 0 Å². The van der Waals surface area contributed by atoms with Gasteiger partial charge in [0.25, 0.3) is 0 Å². The number of hydrogen-bond donors (Lipinski definition) is 1. The summed E-state index contributed by atoms with van der Waals surface area (Å²) in [6.45, 7) is 0.672. The number of benzene rings is 1. The van der Waals surface area contributed by atoms with Crippen molar-refractivity contribution >= 4 is 16.9 Å². The van der Waals surface area contributed by atoms with E-state index in [-0.39, 0.29) is 5.92 Å². The SMILES string of the molecule is CN1C[C@H](C(=O)O)C[C@@H]2c3cccc4c3c(cn4C3CCCC3)C[C@H]21. The fourth-order valence-electron chi connectivity index (χ4n) is 5.74. The normalized spacial score (nSPS) is 29.9. The van der Waals surface area contributed by atoms with Gasteiger partial charge in [0, 0.05) is 41.6 Å². The van der Waals surface area contributed by atoms with Crippen molar-refractivity contribution in [3.63, 3.8) is 0 Å². The van der Waals surface area contributed by atoms with Crippen LogP contribution in [0.15, 0.2) is 24.4 Å². The first-order valence-electron chi connectivity index (χ1n) is 9.69. The molecule has 2 aromatic rings.